The molecule has 1 aromatic heterocycles. The molecule has 70 valence electrons. The average molecular weight is 178 g/mol. The summed E-state index contributed by atoms with van der Waals surface area (Å²) >= 11 is 0. The van der Waals surface area contributed by atoms with Crippen molar-refractivity contribution in [2.24, 2.45) is 5.92 Å². The summed E-state index contributed by atoms with van der Waals surface area (Å²) in [7, 11) is 0. The Bertz CT molecular complexity index is 329. The van der Waals surface area contributed by atoms with E-state index >= 15 is 0 Å². The fourth-order valence-corrected chi connectivity index (χ4v) is 1.46. The molecule has 1 aliphatic carbocycles. The minimum absolute atomic E-state index is 0.0249. The van der Waals surface area contributed by atoms with E-state index < -0.39 is 0 Å². The lowest BCUT2D eigenvalue weighted by Gasteiger charge is -2.02. The number of aromatic amines is 1. The number of carbonyl (C=O) groups is 1. The molecule has 2 N–H and O–H groups in total. The molecule has 0 saturated heterocycles. The molecule has 0 radical (unpaired) electrons. The average Bonchev–Trinajstić information content (AvgIpc) is 2.62. The van der Waals surface area contributed by atoms with Gasteiger partial charge in [0.05, 0.1) is 0 Å². The first kappa shape index (κ1) is 8.35. The van der Waals surface area contributed by atoms with Crippen LogP contribution < -0.4 is 5.32 Å². The Labute approximate surface area is 77.5 Å². The molecule has 0 spiro atoms. The predicted octanol–water partition coefficient (Wildman–Crippen LogP) is 1.46. The van der Waals surface area contributed by atoms with Crippen molar-refractivity contribution in [3.63, 3.8) is 0 Å². The number of rotatable bonds is 2. The Morgan fingerprint density at radius 1 is 1.69 bits per heavy atom. The fraction of sp³-hybridized carbons (Fsp3) is 0.500. The van der Waals surface area contributed by atoms with Crippen LogP contribution >= 0.6 is 0 Å². The van der Waals surface area contributed by atoms with E-state index in [9.17, 15) is 4.79 Å². The number of amides is 1. The van der Waals surface area contributed by atoms with Gasteiger partial charge in [0.25, 0.3) is 5.91 Å². The Morgan fingerprint density at radius 3 is 2.85 bits per heavy atom. The number of hydrogen-bond acceptors (Lipinski definition) is 1. The van der Waals surface area contributed by atoms with E-state index in [4.69, 9.17) is 0 Å². The number of hydrogen-bond donors (Lipinski definition) is 2. The molecule has 2 unspecified atom stereocenters. The minimum atomic E-state index is 0.0249. The Morgan fingerprint density at radius 2 is 2.38 bits per heavy atom. The topological polar surface area (TPSA) is 44.9 Å². The molecule has 13 heavy (non-hydrogen) atoms. The Hall–Kier alpha value is -1.25. The third-order valence-corrected chi connectivity index (χ3v) is 2.61. The highest BCUT2D eigenvalue weighted by molar-refractivity contribution is 5.94. The molecule has 0 aliphatic heterocycles. The summed E-state index contributed by atoms with van der Waals surface area (Å²) in [5.74, 6) is 0.677. The summed E-state index contributed by atoms with van der Waals surface area (Å²) in [6.07, 6.45) is 2.91. The van der Waals surface area contributed by atoms with E-state index in [1.54, 1.807) is 6.20 Å². The van der Waals surface area contributed by atoms with Gasteiger partial charge in [-0.2, -0.15) is 0 Å². The van der Waals surface area contributed by atoms with Crippen LogP contribution in [-0.4, -0.2) is 16.9 Å². The first-order valence-electron chi connectivity index (χ1n) is 4.63. The maximum absolute atomic E-state index is 11.6. The van der Waals surface area contributed by atoms with Crippen molar-refractivity contribution in [2.45, 2.75) is 26.3 Å². The summed E-state index contributed by atoms with van der Waals surface area (Å²) in [6, 6.07) is 2.31. The minimum Gasteiger partial charge on any atom is -0.357 e. The zero-order valence-electron chi connectivity index (χ0n) is 7.92. The molecule has 3 heteroatoms. The first-order valence-corrected chi connectivity index (χ1v) is 4.63. The normalized spacial score (nSPS) is 25.7. The number of nitrogens with one attached hydrogen (secondary N) is 2. The predicted molar refractivity (Wildman–Crippen MR) is 50.6 cm³/mol. The van der Waals surface area contributed by atoms with Gasteiger partial charge in [0.2, 0.25) is 0 Å². The van der Waals surface area contributed by atoms with Crippen LogP contribution in [0.5, 0.6) is 0 Å². The molecule has 1 aliphatic rings. The van der Waals surface area contributed by atoms with Gasteiger partial charge < -0.3 is 10.3 Å². The molecule has 1 heterocycles. The van der Waals surface area contributed by atoms with Gasteiger partial charge in [-0.1, -0.05) is 6.92 Å². The van der Waals surface area contributed by atoms with Crippen LogP contribution in [0.1, 0.15) is 29.4 Å². The second kappa shape index (κ2) is 2.91. The van der Waals surface area contributed by atoms with Crippen molar-refractivity contribution >= 4 is 5.91 Å². The molecule has 1 aromatic rings. The van der Waals surface area contributed by atoms with E-state index in [2.05, 4.69) is 17.2 Å². The highest BCUT2D eigenvalue weighted by Gasteiger charge is 2.34. The molecule has 3 nitrogen and oxygen atoms in total. The zero-order valence-corrected chi connectivity index (χ0v) is 7.92. The summed E-state index contributed by atoms with van der Waals surface area (Å²) in [5.41, 5.74) is 1.70. The lowest BCUT2D eigenvalue weighted by molar-refractivity contribution is 0.0944. The number of aryl methyl sites for hydroxylation is 1. The molecule has 0 aromatic carbocycles. The van der Waals surface area contributed by atoms with E-state index in [1.807, 2.05) is 13.0 Å². The molecule has 1 saturated carbocycles. The van der Waals surface area contributed by atoms with Gasteiger partial charge in [-0.3, -0.25) is 4.79 Å². The second-order valence-corrected chi connectivity index (χ2v) is 3.83. The van der Waals surface area contributed by atoms with Crippen molar-refractivity contribution in [1.82, 2.24) is 10.3 Å². The quantitative estimate of drug-likeness (QED) is 0.707. The standard InChI is InChI=1S/C10H14N2O/c1-6-3-4-11-9(6)10(13)12-8-5-7(8)2/h3-4,7-8,11H,5H2,1-2H3,(H,12,13). The monoisotopic (exact) mass is 178 g/mol. The highest BCUT2D eigenvalue weighted by atomic mass is 16.2. The number of H-pyrrole nitrogens is 1. The van der Waals surface area contributed by atoms with Crippen LogP contribution in [0.25, 0.3) is 0 Å². The Kier molecular flexibility index (Phi) is 1.87. The van der Waals surface area contributed by atoms with Gasteiger partial charge >= 0.3 is 0 Å². The van der Waals surface area contributed by atoms with E-state index in [0.29, 0.717) is 17.7 Å². The van der Waals surface area contributed by atoms with Crippen molar-refractivity contribution < 1.29 is 4.79 Å². The van der Waals surface area contributed by atoms with Gasteiger partial charge in [0.15, 0.2) is 0 Å². The second-order valence-electron chi connectivity index (χ2n) is 3.83. The summed E-state index contributed by atoms with van der Waals surface area (Å²) in [5, 5.41) is 2.98. The molecule has 0 bridgehead atoms. The smallest absolute Gasteiger partial charge is 0.268 e. The SMILES string of the molecule is Cc1cc[nH]c1C(=O)NC1CC1C. The lowest BCUT2D eigenvalue weighted by Crippen LogP contribution is -2.27. The lowest BCUT2D eigenvalue weighted by atomic mass is 10.2. The third-order valence-electron chi connectivity index (χ3n) is 2.61. The largest absolute Gasteiger partial charge is 0.357 e. The van der Waals surface area contributed by atoms with Crippen molar-refractivity contribution in [2.75, 3.05) is 0 Å². The number of carbonyl (C=O) groups excluding carboxylic acids is 1. The molecule has 1 fully saturated rings. The molecule has 2 rings (SSSR count). The summed E-state index contributed by atoms with van der Waals surface area (Å²) in [4.78, 5) is 14.5. The van der Waals surface area contributed by atoms with Gasteiger partial charge in [0, 0.05) is 12.2 Å². The van der Waals surface area contributed by atoms with Gasteiger partial charge in [-0.05, 0) is 30.9 Å². The summed E-state index contributed by atoms with van der Waals surface area (Å²) in [6.45, 7) is 4.08. The van der Waals surface area contributed by atoms with Crippen LogP contribution in [0, 0.1) is 12.8 Å². The fourth-order valence-electron chi connectivity index (χ4n) is 1.46. The first-order chi connectivity index (χ1) is 6.18. The van der Waals surface area contributed by atoms with Crippen molar-refractivity contribution in [3.8, 4) is 0 Å². The van der Waals surface area contributed by atoms with Crippen molar-refractivity contribution in [1.29, 1.82) is 0 Å². The van der Waals surface area contributed by atoms with E-state index in [0.717, 1.165) is 12.0 Å². The van der Waals surface area contributed by atoms with E-state index in [-0.39, 0.29) is 5.91 Å². The molecule has 1 amide bonds. The molecular formula is C10H14N2O. The number of aromatic nitrogens is 1. The van der Waals surface area contributed by atoms with Crippen LogP contribution in [0.3, 0.4) is 0 Å². The molecular weight excluding hydrogens is 164 g/mol. The van der Waals surface area contributed by atoms with Gasteiger partial charge in [-0.15, -0.1) is 0 Å². The maximum atomic E-state index is 11.6. The van der Waals surface area contributed by atoms with Crippen molar-refractivity contribution in [3.05, 3.63) is 23.5 Å². The maximum Gasteiger partial charge on any atom is 0.268 e. The third kappa shape index (κ3) is 1.59. The van der Waals surface area contributed by atoms with Crippen LogP contribution in [0.2, 0.25) is 0 Å². The van der Waals surface area contributed by atoms with E-state index in [1.165, 1.54) is 0 Å². The highest BCUT2D eigenvalue weighted by Crippen LogP contribution is 2.29. The zero-order chi connectivity index (χ0) is 9.42. The summed E-state index contributed by atoms with van der Waals surface area (Å²) < 4.78 is 0. The van der Waals surface area contributed by atoms with Crippen LogP contribution in [0.15, 0.2) is 12.3 Å². The Balaban J connectivity index is 2.01. The van der Waals surface area contributed by atoms with Gasteiger partial charge in [-0.25, -0.2) is 0 Å². The van der Waals surface area contributed by atoms with Crippen LogP contribution in [-0.2, 0) is 0 Å². The molecule has 2 atom stereocenters. The van der Waals surface area contributed by atoms with Crippen LogP contribution in [0.4, 0.5) is 0 Å². The van der Waals surface area contributed by atoms with Gasteiger partial charge in [0.1, 0.15) is 5.69 Å².